The van der Waals surface area contributed by atoms with E-state index in [1.807, 2.05) is 6.92 Å². The predicted molar refractivity (Wildman–Crippen MR) is 71.0 cm³/mol. The number of nitrogens with two attached hydrogens (primary N) is 1. The van der Waals surface area contributed by atoms with Crippen LogP contribution in [-0.4, -0.2) is 10.8 Å². The second-order valence-electron chi connectivity index (χ2n) is 3.81. The lowest BCUT2D eigenvalue weighted by molar-refractivity contribution is 0.103. The molecule has 3 nitrogen and oxygen atoms in total. The number of anilines is 1. The Morgan fingerprint density at radius 1 is 1.29 bits per heavy atom. The standard InChI is InChI=1S/C13H11BrN2O/c1-8-4-9(7-16-6-8)13(17)11-3-2-10(14)5-12(11)15/h2-7H,15H2,1H3. The summed E-state index contributed by atoms with van der Waals surface area (Å²) in [7, 11) is 0. The highest BCUT2D eigenvalue weighted by Gasteiger charge is 2.12. The normalized spacial score (nSPS) is 10.2. The van der Waals surface area contributed by atoms with Crippen LogP contribution in [0.5, 0.6) is 0 Å². The molecule has 0 atom stereocenters. The molecule has 0 saturated heterocycles. The third-order valence-electron chi connectivity index (χ3n) is 2.40. The first-order valence-corrected chi connectivity index (χ1v) is 5.88. The number of hydrogen-bond acceptors (Lipinski definition) is 3. The van der Waals surface area contributed by atoms with E-state index in [4.69, 9.17) is 5.73 Å². The van der Waals surface area contributed by atoms with Gasteiger partial charge < -0.3 is 5.73 Å². The van der Waals surface area contributed by atoms with Gasteiger partial charge in [0.05, 0.1) is 0 Å². The van der Waals surface area contributed by atoms with Gasteiger partial charge in [-0.25, -0.2) is 0 Å². The first-order chi connectivity index (χ1) is 8.08. The molecule has 17 heavy (non-hydrogen) atoms. The molecule has 0 amide bonds. The third-order valence-corrected chi connectivity index (χ3v) is 2.89. The predicted octanol–water partition coefficient (Wildman–Crippen LogP) is 2.97. The van der Waals surface area contributed by atoms with Crippen LogP contribution in [0.3, 0.4) is 0 Å². The van der Waals surface area contributed by atoms with E-state index in [1.165, 1.54) is 0 Å². The maximum absolute atomic E-state index is 12.2. The van der Waals surface area contributed by atoms with E-state index in [0.29, 0.717) is 16.8 Å². The van der Waals surface area contributed by atoms with E-state index in [9.17, 15) is 4.79 Å². The van der Waals surface area contributed by atoms with Crippen molar-refractivity contribution in [1.82, 2.24) is 4.98 Å². The van der Waals surface area contributed by atoms with Gasteiger partial charge in [-0.05, 0) is 36.8 Å². The van der Waals surface area contributed by atoms with Gasteiger partial charge in [-0.2, -0.15) is 0 Å². The lowest BCUT2D eigenvalue weighted by Gasteiger charge is -2.05. The van der Waals surface area contributed by atoms with Crippen molar-refractivity contribution in [3.8, 4) is 0 Å². The monoisotopic (exact) mass is 290 g/mol. The zero-order valence-electron chi connectivity index (χ0n) is 9.27. The van der Waals surface area contributed by atoms with Gasteiger partial charge in [0.15, 0.2) is 5.78 Å². The Kier molecular flexibility index (Phi) is 3.24. The molecule has 0 radical (unpaired) electrons. The van der Waals surface area contributed by atoms with Crippen LogP contribution in [-0.2, 0) is 0 Å². The molecule has 0 aliphatic carbocycles. The van der Waals surface area contributed by atoms with Crippen molar-refractivity contribution in [2.45, 2.75) is 6.92 Å². The Labute approximate surface area is 108 Å². The number of carbonyl (C=O) groups is 1. The summed E-state index contributed by atoms with van der Waals surface area (Å²) in [5.41, 5.74) is 8.30. The van der Waals surface area contributed by atoms with Gasteiger partial charge in [-0.3, -0.25) is 9.78 Å². The van der Waals surface area contributed by atoms with Gasteiger partial charge in [0, 0.05) is 33.7 Å². The number of halogens is 1. The summed E-state index contributed by atoms with van der Waals surface area (Å²) in [6.07, 6.45) is 3.26. The lowest BCUT2D eigenvalue weighted by atomic mass is 10.0. The number of nitrogen functional groups attached to an aromatic ring is 1. The summed E-state index contributed by atoms with van der Waals surface area (Å²) in [6, 6.07) is 7.03. The first-order valence-electron chi connectivity index (χ1n) is 5.09. The Balaban J connectivity index is 2.44. The molecule has 2 aromatic rings. The van der Waals surface area contributed by atoms with Gasteiger partial charge >= 0.3 is 0 Å². The molecule has 0 aliphatic rings. The van der Waals surface area contributed by atoms with Crippen LogP contribution in [0.4, 0.5) is 5.69 Å². The molecule has 0 saturated carbocycles. The van der Waals surface area contributed by atoms with Crippen molar-refractivity contribution < 1.29 is 4.79 Å². The molecular formula is C13H11BrN2O. The summed E-state index contributed by atoms with van der Waals surface area (Å²) in [5.74, 6) is -0.105. The molecule has 1 heterocycles. The highest BCUT2D eigenvalue weighted by atomic mass is 79.9. The molecule has 0 unspecified atom stereocenters. The Morgan fingerprint density at radius 2 is 2.06 bits per heavy atom. The number of carbonyl (C=O) groups excluding carboxylic acids is 1. The van der Waals surface area contributed by atoms with E-state index >= 15 is 0 Å². The average Bonchev–Trinajstić information content (AvgIpc) is 2.28. The number of aryl methyl sites for hydroxylation is 1. The fraction of sp³-hybridized carbons (Fsp3) is 0.0769. The summed E-state index contributed by atoms with van der Waals surface area (Å²) in [6.45, 7) is 1.90. The van der Waals surface area contributed by atoms with E-state index in [1.54, 1.807) is 36.7 Å². The first kappa shape index (κ1) is 11.8. The number of ketones is 1. The van der Waals surface area contributed by atoms with Crippen molar-refractivity contribution in [1.29, 1.82) is 0 Å². The molecule has 0 aliphatic heterocycles. The third kappa shape index (κ3) is 2.53. The topological polar surface area (TPSA) is 56.0 Å². The summed E-state index contributed by atoms with van der Waals surface area (Å²) >= 11 is 3.31. The Bertz CT molecular complexity index is 581. The van der Waals surface area contributed by atoms with Crippen molar-refractivity contribution in [2.75, 3.05) is 5.73 Å². The van der Waals surface area contributed by atoms with Gasteiger partial charge in [0.1, 0.15) is 0 Å². The number of benzene rings is 1. The maximum Gasteiger partial charge on any atom is 0.196 e. The SMILES string of the molecule is Cc1cncc(C(=O)c2ccc(Br)cc2N)c1. The molecule has 0 fully saturated rings. The average molecular weight is 291 g/mol. The summed E-state index contributed by atoms with van der Waals surface area (Å²) in [5, 5.41) is 0. The molecule has 2 rings (SSSR count). The smallest absolute Gasteiger partial charge is 0.196 e. The Hall–Kier alpha value is -1.68. The van der Waals surface area contributed by atoms with E-state index in [2.05, 4.69) is 20.9 Å². The number of rotatable bonds is 2. The number of nitrogens with zero attached hydrogens (tertiary/aromatic N) is 1. The molecule has 4 heteroatoms. The molecule has 0 bridgehead atoms. The second-order valence-corrected chi connectivity index (χ2v) is 4.73. The van der Waals surface area contributed by atoms with Gasteiger partial charge in [-0.15, -0.1) is 0 Å². The van der Waals surface area contributed by atoms with Crippen LogP contribution >= 0.6 is 15.9 Å². The van der Waals surface area contributed by atoms with Gasteiger partial charge in [-0.1, -0.05) is 15.9 Å². The van der Waals surface area contributed by atoms with Crippen LogP contribution < -0.4 is 5.73 Å². The zero-order valence-corrected chi connectivity index (χ0v) is 10.9. The summed E-state index contributed by atoms with van der Waals surface area (Å²) in [4.78, 5) is 16.2. The van der Waals surface area contributed by atoms with Crippen LogP contribution in [0.2, 0.25) is 0 Å². The molecule has 1 aromatic carbocycles. The van der Waals surface area contributed by atoms with E-state index in [-0.39, 0.29) is 5.78 Å². The van der Waals surface area contributed by atoms with Crippen molar-refractivity contribution in [3.63, 3.8) is 0 Å². The zero-order chi connectivity index (χ0) is 12.4. The van der Waals surface area contributed by atoms with E-state index in [0.717, 1.165) is 10.0 Å². The van der Waals surface area contributed by atoms with Crippen LogP contribution in [0.15, 0.2) is 41.1 Å². The minimum absolute atomic E-state index is 0.105. The van der Waals surface area contributed by atoms with Crippen molar-refractivity contribution in [2.24, 2.45) is 0 Å². The van der Waals surface area contributed by atoms with Gasteiger partial charge in [0.25, 0.3) is 0 Å². The van der Waals surface area contributed by atoms with Crippen LogP contribution in [0, 0.1) is 6.92 Å². The fourth-order valence-corrected chi connectivity index (χ4v) is 1.95. The molecule has 0 spiro atoms. The second kappa shape index (κ2) is 4.67. The number of hydrogen-bond donors (Lipinski definition) is 1. The largest absolute Gasteiger partial charge is 0.398 e. The van der Waals surface area contributed by atoms with Crippen LogP contribution in [0.1, 0.15) is 21.5 Å². The fourth-order valence-electron chi connectivity index (χ4n) is 1.57. The maximum atomic E-state index is 12.2. The molecule has 2 N–H and O–H groups in total. The van der Waals surface area contributed by atoms with E-state index < -0.39 is 0 Å². The van der Waals surface area contributed by atoms with Crippen molar-refractivity contribution >= 4 is 27.4 Å². The minimum Gasteiger partial charge on any atom is -0.398 e. The highest BCUT2D eigenvalue weighted by molar-refractivity contribution is 9.10. The number of pyridine rings is 1. The molecule has 1 aromatic heterocycles. The number of aromatic nitrogens is 1. The molecular weight excluding hydrogens is 280 g/mol. The quantitative estimate of drug-likeness (QED) is 0.683. The molecule has 86 valence electrons. The Morgan fingerprint density at radius 3 is 2.71 bits per heavy atom. The minimum atomic E-state index is -0.105. The van der Waals surface area contributed by atoms with Crippen LogP contribution in [0.25, 0.3) is 0 Å². The summed E-state index contributed by atoms with van der Waals surface area (Å²) < 4.78 is 0.855. The van der Waals surface area contributed by atoms with Crippen molar-refractivity contribution in [3.05, 3.63) is 57.8 Å². The van der Waals surface area contributed by atoms with Gasteiger partial charge in [0.2, 0.25) is 0 Å². The lowest BCUT2D eigenvalue weighted by Crippen LogP contribution is -2.06. The highest BCUT2D eigenvalue weighted by Crippen LogP contribution is 2.21.